The molecule has 0 saturated carbocycles. The van der Waals surface area contributed by atoms with Crippen molar-refractivity contribution in [2.24, 2.45) is 0 Å². The molecule has 11 nitrogen and oxygen atoms in total. The van der Waals surface area contributed by atoms with E-state index in [0.717, 1.165) is 39.6 Å². The molecule has 2 atom stereocenters. The Kier molecular flexibility index (Phi) is 7.97. The van der Waals surface area contributed by atoms with E-state index >= 15 is 0 Å². The lowest BCUT2D eigenvalue weighted by atomic mass is 9.88. The van der Waals surface area contributed by atoms with Crippen LogP contribution in [0.3, 0.4) is 0 Å². The van der Waals surface area contributed by atoms with Gasteiger partial charge in [0.05, 0.1) is 47.3 Å². The third-order valence-electron chi connectivity index (χ3n) is 8.37. The Morgan fingerprint density at radius 1 is 1.11 bits per heavy atom. The monoisotopic (exact) mass is 671 g/mol. The molecule has 4 aromatic heterocycles. The van der Waals surface area contributed by atoms with Crippen LogP contribution < -0.4 is 10.2 Å². The highest BCUT2D eigenvalue weighted by molar-refractivity contribution is 6.74. The summed E-state index contributed by atoms with van der Waals surface area (Å²) in [6.07, 6.45) is -4.70. The largest absolute Gasteiger partial charge is 0.409 e. The number of halogens is 6. The van der Waals surface area contributed by atoms with Crippen LogP contribution in [0.15, 0.2) is 30.7 Å². The molecule has 2 amide bonds. The van der Waals surface area contributed by atoms with Gasteiger partial charge in [-0.15, -0.1) is 9.90 Å². The van der Waals surface area contributed by atoms with Gasteiger partial charge in [0.15, 0.2) is 24.9 Å². The van der Waals surface area contributed by atoms with Crippen molar-refractivity contribution in [1.29, 1.82) is 0 Å². The lowest BCUT2D eigenvalue weighted by Gasteiger charge is -2.38. The molecule has 2 unspecified atom stereocenters. The number of rotatable bonds is 6. The van der Waals surface area contributed by atoms with Crippen molar-refractivity contribution < 1.29 is 31.2 Å². The molecule has 0 fully saturated rings. The second kappa shape index (κ2) is 11.0. The third-order valence-corrected chi connectivity index (χ3v) is 13.1. The second-order valence-electron chi connectivity index (χ2n) is 12.6. The van der Waals surface area contributed by atoms with Gasteiger partial charge in [0.1, 0.15) is 11.1 Å². The van der Waals surface area contributed by atoms with Crippen LogP contribution in [0.5, 0.6) is 0 Å². The standard InChI is InChI=1S/C27H31ClF5N9O2Si/c1-14(44-45(6,7)25(2,3)4)17-11-36-42(38-17)23-16(22(29)30)8-15(10-35-23)37-24(43)40-13-26(5,27(31,32)33)21-18(40)12-34-20-9-19(28)39-41(20)21/h8-12,14,22H,13H2,1-7H3,(H,37,43). The molecule has 1 aliphatic heterocycles. The van der Waals surface area contributed by atoms with E-state index in [0.29, 0.717) is 5.69 Å². The smallest absolute Gasteiger partial charge is 0.401 e. The van der Waals surface area contributed by atoms with E-state index in [1.165, 1.54) is 12.3 Å². The Hall–Kier alpha value is -3.70. The first-order valence-corrected chi connectivity index (χ1v) is 17.1. The molecule has 45 heavy (non-hydrogen) atoms. The number of aromatic nitrogens is 7. The normalized spacial score (nSPS) is 18.1. The lowest BCUT2D eigenvalue weighted by molar-refractivity contribution is -0.181. The zero-order valence-corrected chi connectivity index (χ0v) is 27.2. The molecular weight excluding hydrogens is 641 g/mol. The summed E-state index contributed by atoms with van der Waals surface area (Å²) in [7, 11) is -2.17. The van der Waals surface area contributed by atoms with Gasteiger partial charge in [0, 0.05) is 12.6 Å². The molecule has 18 heteroatoms. The predicted octanol–water partition coefficient (Wildman–Crippen LogP) is 7.25. The van der Waals surface area contributed by atoms with E-state index in [9.17, 15) is 26.7 Å². The fourth-order valence-electron chi connectivity index (χ4n) is 4.80. The Balaban J connectivity index is 1.42. The van der Waals surface area contributed by atoms with Crippen molar-refractivity contribution in [3.63, 3.8) is 0 Å². The van der Waals surface area contributed by atoms with Crippen LogP contribution in [-0.2, 0) is 9.84 Å². The Morgan fingerprint density at radius 2 is 1.80 bits per heavy atom. The summed E-state index contributed by atoms with van der Waals surface area (Å²) >= 11 is 5.92. The number of hydrogen-bond acceptors (Lipinski definition) is 7. The minimum atomic E-state index is -4.79. The highest BCUT2D eigenvalue weighted by Crippen LogP contribution is 2.50. The Bertz CT molecular complexity index is 1770. The van der Waals surface area contributed by atoms with Crippen LogP contribution in [0.2, 0.25) is 23.3 Å². The molecule has 5 rings (SSSR count). The van der Waals surface area contributed by atoms with Crippen LogP contribution in [-0.4, -0.2) is 61.6 Å². The van der Waals surface area contributed by atoms with Crippen molar-refractivity contribution in [3.05, 3.63) is 52.8 Å². The number of hydrogen-bond donors (Lipinski definition) is 1. The summed E-state index contributed by atoms with van der Waals surface area (Å²) in [5.41, 5.74) is -3.35. The van der Waals surface area contributed by atoms with Crippen molar-refractivity contribution >= 4 is 43.0 Å². The number of nitrogens with zero attached hydrogens (tertiary/aromatic N) is 8. The van der Waals surface area contributed by atoms with Crippen LogP contribution in [0, 0.1) is 0 Å². The maximum atomic E-state index is 14.4. The van der Waals surface area contributed by atoms with Crippen molar-refractivity contribution in [1.82, 2.24) is 34.6 Å². The molecule has 5 heterocycles. The molecule has 1 N–H and O–H groups in total. The minimum absolute atomic E-state index is 0.0641. The number of carbonyl (C=O) groups excluding carboxylic acids is 1. The molecule has 0 radical (unpaired) electrons. The number of urea groups is 1. The first-order chi connectivity index (χ1) is 20.7. The molecule has 0 spiro atoms. The van der Waals surface area contributed by atoms with Crippen LogP contribution in [0.25, 0.3) is 11.5 Å². The summed E-state index contributed by atoms with van der Waals surface area (Å²) in [4.78, 5) is 23.3. The summed E-state index contributed by atoms with van der Waals surface area (Å²) in [6, 6.07) is 1.24. The quantitative estimate of drug-likeness (QED) is 0.170. The Morgan fingerprint density at radius 3 is 2.42 bits per heavy atom. The third kappa shape index (κ3) is 5.76. The van der Waals surface area contributed by atoms with Crippen molar-refractivity contribution in [3.8, 4) is 5.82 Å². The second-order valence-corrected chi connectivity index (χ2v) is 17.7. The predicted molar refractivity (Wildman–Crippen MR) is 159 cm³/mol. The summed E-state index contributed by atoms with van der Waals surface area (Å²) in [5.74, 6) is -0.285. The average Bonchev–Trinajstić information content (AvgIpc) is 3.63. The molecule has 0 saturated heterocycles. The molecule has 0 aliphatic carbocycles. The molecule has 0 aromatic carbocycles. The maximum Gasteiger partial charge on any atom is 0.401 e. The van der Waals surface area contributed by atoms with E-state index in [1.54, 1.807) is 6.92 Å². The van der Waals surface area contributed by atoms with E-state index in [1.807, 2.05) is 0 Å². The summed E-state index contributed by atoms with van der Waals surface area (Å²) < 4.78 is 78.9. The number of fused-ring (bicyclic) bond motifs is 3. The topological polar surface area (TPSA) is 115 Å². The van der Waals surface area contributed by atoms with Gasteiger partial charge in [-0.3, -0.25) is 4.90 Å². The van der Waals surface area contributed by atoms with Gasteiger partial charge in [0.2, 0.25) is 0 Å². The first-order valence-electron chi connectivity index (χ1n) is 13.8. The van der Waals surface area contributed by atoms with E-state index in [2.05, 4.69) is 64.4 Å². The highest BCUT2D eigenvalue weighted by atomic mass is 35.5. The molecule has 4 aromatic rings. The van der Waals surface area contributed by atoms with Crippen molar-refractivity contribution in [2.45, 2.75) is 76.9 Å². The fraction of sp³-hybridized carbons (Fsp3) is 0.481. The van der Waals surface area contributed by atoms with Gasteiger partial charge < -0.3 is 9.74 Å². The molecular formula is C27H31ClF5N9O2Si. The summed E-state index contributed by atoms with van der Waals surface area (Å²) in [6.45, 7) is 12.3. The van der Waals surface area contributed by atoms with Crippen LogP contribution in [0.4, 0.5) is 38.1 Å². The number of nitrogens with one attached hydrogen (secondary N) is 1. The minimum Gasteiger partial charge on any atom is -0.409 e. The van der Waals surface area contributed by atoms with E-state index < -0.39 is 50.6 Å². The van der Waals surface area contributed by atoms with Crippen LogP contribution in [0.1, 0.15) is 64.1 Å². The zero-order valence-electron chi connectivity index (χ0n) is 25.4. The van der Waals surface area contributed by atoms with Gasteiger partial charge in [-0.1, -0.05) is 32.4 Å². The average molecular weight is 672 g/mol. The highest BCUT2D eigenvalue weighted by Gasteiger charge is 2.60. The van der Waals surface area contributed by atoms with E-state index in [-0.39, 0.29) is 38.7 Å². The molecule has 242 valence electrons. The van der Waals surface area contributed by atoms with Gasteiger partial charge >= 0.3 is 12.2 Å². The number of pyridine rings is 1. The lowest BCUT2D eigenvalue weighted by Crippen LogP contribution is -2.46. The van der Waals surface area contributed by atoms with E-state index in [4.69, 9.17) is 16.0 Å². The number of carbonyl (C=O) groups is 1. The summed E-state index contributed by atoms with van der Waals surface area (Å²) in [5, 5.41) is 14.6. The maximum absolute atomic E-state index is 14.4. The molecule has 1 aliphatic rings. The first kappa shape index (κ1) is 32.7. The number of anilines is 2. The van der Waals surface area contributed by atoms with Crippen LogP contribution >= 0.6 is 11.6 Å². The van der Waals surface area contributed by atoms with Gasteiger partial charge in [-0.05, 0) is 38.0 Å². The Labute approximate surface area is 260 Å². The fourth-order valence-corrected chi connectivity index (χ4v) is 6.33. The number of alkyl halides is 5. The van der Waals surface area contributed by atoms with Gasteiger partial charge in [-0.2, -0.15) is 23.4 Å². The zero-order chi connectivity index (χ0) is 33.3. The SMILES string of the molecule is CC(O[Si](C)(C)C(C)(C)C)c1cnn(-c2ncc(NC(=O)N3CC(C)(C(F)(F)F)c4c3cnc3cc(Cl)nn43)cc2C(F)F)n1. The van der Waals surface area contributed by atoms with Gasteiger partial charge in [0.25, 0.3) is 6.43 Å². The number of amides is 2. The van der Waals surface area contributed by atoms with Gasteiger partial charge in [-0.25, -0.2) is 28.1 Å². The molecule has 0 bridgehead atoms. The van der Waals surface area contributed by atoms with Crippen molar-refractivity contribution in [2.75, 3.05) is 16.8 Å².